The lowest BCUT2D eigenvalue weighted by molar-refractivity contribution is 0.0529. The fourth-order valence-corrected chi connectivity index (χ4v) is 5.48. The number of rotatable bonds is 33. The second kappa shape index (κ2) is 35.3. The Hall–Kier alpha value is -0.730. The van der Waals surface area contributed by atoms with Gasteiger partial charge in [-0.05, 0) is 12.8 Å². The van der Waals surface area contributed by atoms with E-state index in [1.165, 1.54) is 173 Å². The fourth-order valence-electron chi connectivity index (χ4n) is 5.48. The van der Waals surface area contributed by atoms with E-state index in [0.717, 1.165) is 25.7 Å². The van der Waals surface area contributed by atoms with Crippen LogP contribution in [0.1, 0.15) is 213 Å². The van der Waals surface area contributed by atoms with Crippen LogP contribution in [-0.2, 0) is 9.47 Å². The number of unbranched alkanes of at least 4 members (excludes halogenated alkanes) is 29. The van der Waals surface area contributed by atoms with E-state index < -0.39 is 6.16 Å². The zero-order valence-electron chi connectivity index (χ0n) is 27.1. The fraction of sp³-hybridized carbons (Fsp3) is 0.972. The van der Waals surface area contributed by atoms with Crippen molar-refractivity contribution in [2.24, 2.45) is 0 Å². The molecule has 234 valence electrons. The molecular formula is C36H72O3. The van der Waals surface area contributed by atoms with Gasteiger partial charge in [-0.25, -0.2) is 4.79 Å². The van der Waals surface area contributed by atoms with Crippen molar-refractivity contribution in [1.82, 2.24) is 0 Å². The lowest BCUT2D eigenvalue weighted by Crippen LogP contribution is -2.09. The topological polar surface area (TPSA) is 35.5 Å². The van der Waals surface area contributed by atoms with E-state index in [4.69, 9.17) is 9.47 Å². The predicted molar refractivity (Wildman–Crippen MR) is 172 cm³/mol. The Morgan fingerprint density at radius 1 is 0.308 bits per heavy atom. The van der Waals surface area contributed by atoms with E-state index in [2.05, 4.69) is 13.8 Å². The van der Waals surface area contributed by atoms with Gasteiger partial charge in [-0.2, -0.15) is 0 Å². The van der Waals surface area contributed by atoms with Crippen molar-refractivity contribution in [3.8, 4) is 0 Å². The summed E-state index contributed by atoms with van der Waals surface area (Å²) in [7, 11) is 0. The first-order valence-corrected chi connectivity index (χ1v) is 18.1. The van der Waals surface area contributed by atoms with E-state index in [-0.39, 0.29) is 0 Å². The Bertz CT molecular complexity index is 451. The van der Waals surface area contributed by atoms with Crippen molar-refractivity contribution >= 4 is 6.16 Å². The molecule has 0 aromatic heterocycles. The summed E-state index contributed by atoms with van der Waals surface area (Å²) in [4.78, 5) is 11.5. The van der Waals surface area contributed by atoms with Gasteiger partial charge in [-0.15, -0.1) is 0 Å². The monoisotopic (exact) mass is 553 g/mol. The largest absolute Gasteiger partial charge is 0.508 e. The highest BCUT2D eigenvalue weighted by Crippen LogP contribution is 2.16. The number of ether oxygens (including phenoxy) is 2. The molecule has 0 unspecified atom stereocenters. The van der Waals surface area contributed by atoms with Crippen molar-refractivity contribution in [1.29, 1.82) is 0 Å². The number of carbonyl (C=O) groups is 1. The third-order valence-corrected chi connectivity index (χ3v) is 8.19. The third kappa shape index (κ3) is 35.2. The van der Waals surface area contributed by atoms with Crippen LogP contribution in [0.2, 0.25) is 0 Å². The van der Waals surface area contributed by atoms with Crippen LogP contribution in [0.3, 0.4) is 0 Å². The van der Waals surface area contributed by atoms with Gasteiger partial charge in [0.25, 0.3) is 0 Å². The van der Waals surface area contributed by atoms with Gasteiger partial charge in [0, 0.05) is 0 Å². The molecule has 0 N–H and O–H groups in total. The predicted octanol–water partition coefficient (Wildman–Crippen LogP) is 13.3. The van der Waals surface area contributed by atoms with Gasteiger partial charge in [0.2, 0.25) is 0 Å². The van der Waals surface area contributed by atoms with Crippen molar-refractivity contribution in [3.05, 3.63) is 0 Å². The van der Waals surface area contributed by atoms with Gasteiger partial charge in [0.15, 0.2) is 0 Å². The molecule has 0 rings (SSSR count). The lowest BCUT2D eigenvalue weighted by atomic mass is 10.0. The van der Waals surface area contributed by atoms with Gasteiger partial charge in [-0.1, -0.05) is 200 Å². The maximum Gasteiger partial charge on any atom is 0.508 e. The minimum absolute atomic E-state index is 0.485. The van der Waals surface area contributed by atoms with Gasteiger partial charge >= 0.3 is 6.16 Å². The van der Waals surface area contributed by atoms with Crippen molar-refractivity contribution in [2.45, 2.75) is 213 Å². The summed E-state index contributed by atoms with van der Waals surface area (Å²) in [6.07, 6.45) is 42.0. The molecule has 0 radical (unpaired) electrons. The molecule has 0 aromatic rings. The van der Waals surface area contributed by atoms with E-state index in [9.17, 15) is 4.79 Å². The lowest BCUT2D eigenvalue weighted by Gasteiger charge is -2.06. The minimum atomic E-state index is -0.485. The summed E-state index contributed by atoms with van der Waals surface area (Å²) in [5.41, 5.74) is 0. The van der Waals surface area contributed by atoms with E-state index in [1.807, 2.05) is 0 Å². The molecule has 0 atom stereocenters. The minimum Gasteiger partial charge on any atom is -0.434 e. The molecular weight excluding hydrogens is 480 g/mol. The van der Waals surface area contributed by atoms with Crippen molar-refractivity contribution in [3.63, 3.8) is 0 Å². The molecule has 0 amide bonds. The molecule has 0 aliphatic carbocycles. The number of hydrogen-bond donors (Lipinski definition) is 0. The van der Waals surface area contributed by atoms with E-state index >= 15 is 0 Å². The molecule has 0 saturated carbocycles. The van der Waals surface area contributed by atoms with Crippen LogP contribution >= 0.6 is 0 Å². The average molecular weight is 553 g/mol. The molecule has 3 heteroatoms. The molecule has 0 aromatic carbocycles. The highest BCUT2D eigenvalue weighted by atomic mass is 16.7. The first-order valence-electron chi connectivity index (χ1n) is 18.1. The number of carbonyl (C=O) groups excluding carboxylic acids is 1. The van der Waals surface area contributed by atoms with Crippen LogP contribution in [0.5, 0.6) is 0 Å². The molecule has 0 aliphatic rings. The van der Waals surface area contributed by atoms with Crippen LogP contribution < -0.4 is 0 Å². The zero-order valence-corrected chi connectivity index (χ0v) is 27.1. The summed E-state index contributed by atoms with van der Waals surface area (Å²) in [5, 5.41) is 0. The summed E-state index contributed by atoms with van der Waals surface area (Å²) >= 11 is 0. The summed E-state index contributed by atoms with van der Waals surface area (Å²) < 4.78 is 10.2. The summed E-state index contributed by atoms with van der Waals surface area (Å²) in [5.74, 6) is 0. The van der Waals surface area contributed by atoms with E-state index in [1.54, 1.807) is 0 Å². The Balaban J connectivity index is 3.08. The Morgan fingerprint density at radius 2 is 0.487 bits per heavy atom. The molecule has 0 heterocycles. The summed E-state index contributed by atoms with van der Waals surface area (Å²) in [6, 6.07) is 0. The van der Waals surface area contributed by atoms with Gasteiger partial charge < -0.3 is 9.47 Å². The normalized spacial score (nSPS) is 11.2. The molecule has 0 saturated heterocycles. The Kier molecular flexibility index (Phi) is 34.6. The molecule has 0 bridgehead atoms. The Morgan fingerprint density at radius 3 is 0.718 bits per heavy atom. The number of hydrogen-bond acceptors (Lipinski definition) is 3. The van der Waals surface area contributed by atoms with Gasteiger partial charge in [0.1, 0.15) is 0 Å². The molecule has 0 spiro atoms. The van der Waals surface area contributed by atoms with Crippen LogP contribution in [0.25, 0.3) is 0 Å². The maximum atomic E-state index is 11.5. The second-order valence-corrected chi connectivity index (χ2v) is 12.2. The van der Waals surface area contributed by atoms with Crippen LogP contribution in [-0.4, -0.2) is 19.4 Å². The van der Waals surface area contributed by atoms with Gasteiger partial charge in [0.05, 0.1) is 13.2 Å². The Labute approximate surface area is 246 Å². The molecule has 3 nitrogen and oxygen atoms in total. The maximum absolute atomic E-state index is 11.5. The third-order valence-electron chi connectivity index (χ3n) is 8.19. The van der Waals surface area contributed by atoms with Gasteiger partial charge in [-0.3, -0.25) is 0 Å². The van der Waals surface area contributed by atoms with Crippen LogP contribution in [0.15, 0.2) is 0 Å². The highest BCUT2D eigenvalue weighted by molar-refractivity contribution is 5.59. The molecule has 0 fully saturated rings. The van der Waals surface area contributed by atoms with Crippen LogP contribution in [0, 0.1) is 0 Å². The second-order valence-electron chi connectivity index (χ2n) is 12.2. The smallest absolute Gasteiger partial charge is 0.434 e. The average Bonchev–Trinajstić information content (AvgIpc) is 2.94. The first kappa shape index (κ1) is 38.3. The SMILES string of the molecule is CCCCCCCCCCCCCCCCCCCCCCCCCCCCCOC(=O)OCCCCCC. The zero-order chi connectivity index (χ0) is 28.3. The van der Waals surface area contributed by atoms with E-state index in [0.29, 0.717) is 13.2 Å². The quantitative estimate of drug-likeness (QED) is 0.0600. The molecule has 0 aliphatic heterocycles. The summed E-state index contributed by atoms with van der Waals surface area (Å²) in [6.45, 7) is 5.48. The highest BCUT2D eigenvalue weighted by Gasteiger charge is 2.03. The van der Waals surface area contributed by atoms with Crippen molar-refractivity contribution in [2.75, 3.05) is 13.2 Å². The standard InChI is InChI=1S/C36H72O3/c1-3-5-7-9-10-11-12-13-14-15-16-17-18-19-20-21-22-23-24-25-26-27-28-29-30-31-33-35-39-36(37)38-34-32-8-6-4-2/h3-35H2,1-2H3. The van der Waals surface area contributed by atoms with Crippen LogP contribution in [0.4, 0.5) is 4.79 Å². The van der Waals surface area contributed by atoms with Crippen molar-refractivity contribution < 1.29 is 14.3 Å². The first-order chi connectivity index (χ1) is 19.3. The molecule has 39 heavy (non-hydrogen) atoms.